The van der Waals surface area contributed by atoms with Gasteiger partial charge in [-0.15, -0.1) is 0 Å². The van der Waals surface area contributed by atoms with E-state index in [0.717, 1.165) is 0 Å². The molecule has 0 aliphatic carbocycles. The highest BCUT2D eigenvalue weighted by atomic mass is 16.7. The van der Waals surface area contributed by atoms with Crippen molar-refractivity contribution in [1.82, 2.24) is 0 Å². The van der Waals surface area contributed by atoms with Gasteiger partial charge in [-0.1, -0.05) is 0 Å². The number of aliphatic hydroxyl groups excluding tert-OH is 2. The second-order valence-electron chi connectivity index (χ2n) is 4.95. The minimum atomic E-state index is -0.699. The Morgan fingerprint density at radius 3 is 2.68 bits per heavy atom. The Hall–Kier alpha value is -0.690. The first-order valence-corrected chi connectivity index (χ1v) is 6.68. The van der Waals surface area contributed by atoms with E-state index in [1.165, 1.54) is 7.11 Å². The Morgan fingerprint density at radius 1 is 1.47 bits per heavy atom. The molecule has 1 heterocycles. The smallest absolute Gasteiger partial charge is 0.305 e. The lowest BCUT2D eigenvalue weighted by Crippen LogP contribution is -2.41. The van der Waals surface area contributed by atoms with E-state index >= 15 is 0 Å². The Morgan fingerprint density at radius 2 is 2.16 bits per heavy atom. The molecule has 0 unspecified atom stereocenters. The molecule has 0 bridgehead atoms. The SMILES string of the molecule is COC(=O)CC[C@H](O[C@H]1CC[C@H](O)[C@H](C)O1)[C@H](C)O. The number of hydrogen-bond donors (Lipinski definition) is 2. The quantitative estimate of drug-likeness (QED) is 0.691. The fourth-order valence-corrected chi connectivity index (χ4v) is 2.02. The normalized spacial score (nSPS) is 30.7. The van der Waals surface area contributed by atoms with Crippen molar-refractivity contribution in [3.05, 3.63) is 0 Å². The van der Waals surface area contributed by atoms with E-state index in [1.54, 1.807) is 13.8 Å². The summed E-state index contributed by atoms with van der Waals surface area (Å²) in [5, 5.41) is 19.2. The molecular weight excluding hydrogens is 252 g/mol. The first kappa shape index (κ1) is 16.4. The summed E-state index contributed by atoms with van der Waals surface area (Å²) in [6.45, 7) is 3.40. The lowest BCUT2D eigenvalue weighted by Gasteiger charge is -2.34. The van der Waals surface area contributed by atoms with Crippen LogP contribution < -0.4 is 0 Å². The van der Waals surface area contributed by atoms with Crippen molar-refractivity contribution in [2.24, 2.45) is 0 Å². The van der Waals surface area contributed by atoms with Crippen molar-refractivity contribution in [3.8, 4) is 0 Å². The highest BCUT2D eigenvalue weighted by Crippen LogP contribution is 2.23. The first-order valence-electron chi connectivity index (χ1n) is 6.68. The number of rotatable bonds is 6. The van der Waals surface area contributed by atoms with Gasteiger partial charge < -0.3 is 24.4 Å². The third-order valence-corrected chi connectivity index (χ3v) is 3.33. The maximum Gasteiger partial charge on any atom is 0.305 e. The van der Waals surface area contributed by atoms with Gasteiger partial charge in [0.15, 0.2) is 6.29 Å². The summed E-state index contributed by atoms with van der Waals surface area (Å²) >= 11 is 0. The van der Waals surface area contributed by atoms with Crippen LogP contribution in [0.3, 0.4) is 0 Å². The molecule has 0 aromatic rings. The van der Waals surface area contributed by atoms with Gasteiger partial charge in [-0.2, -0.15) is 0 Å². The highest BCUT2D eigenvalue weighted by molar-refractivity contribution is 5.69. The number of hydrogen-bond acceptors (Lipinski definition) is 6. The van der Waals surface area contributed by atoms with Crippen LogP contribution in [0.5, 0.6) is 0 Å². The van der Waals surface area contributed by atoms with Crippen LogP contribution in [0.15, 0.2) is 0 Å². The van der Waals surface area contributed by atoms with E-state index in [2.05, 4.69) is 4.74 Å². The third-order valence-electron chi connectivity index (χ3n) is 3.33. The van der Waals surface area contributed by atoms with Crippen LogP contribution in [0.4, 0.5) is 0 Å². The number of aliphatic hydroxyl groups is 2. The molecule has 1 aliphatic heterocycles. The molecule has 5 atom stereocenters. The average Bonchev–Trinajstić information content (AvgIpc) is 2.37. The maximum absolute atomic E-state index is 11.1. The molecule has 112 valence electrons. The zero-order chi connectivity index (χ0) is 14.4. The molecule has 0 amide bonds. The minimum absolute atomic E-state index is 0.191. The van der Waals surface area contributed by atoms with E-state index in [9.17, 15) is 15.0 Å². The van der Waals surface area contributed by atoms with Crippen LogP contribution in [0.25, 0.3) is 0 Å². The van der Waals surface area contributed by atoms with E-state index in [1.807, 2.05) is 0 Å². The summed E-state index contributed by atoms with van der Waals surface area (Å²) in [5.41, 5.74) is 0. The van der Waals surface area contributed by atoms with Crippen molar-refractivity contribution in [1.29, 1.82) is 0 Å². The van der Waals surface area contributed by atoms with Crippen LogP contribution in [0.1, 0.15) is 39.5 Å². The monoisotopic (exact) mass is 276 g/mol. The summed E-state index contributed by atoms with van der Waals surface area (Å²) in [4.78, 5) is 11.1. The summed E-state index contributed by atoms with van der Waals surface area (Å²) in [6, 6.07) is 0. The van der Waals surface area contributed by atoms with Gasteiger partial charge in [-0.05, 0) is 26.7 Å². The van der Waals surface area contributed by atoms with Crippen molar-refractivity contribution in [2.45, 2.75) is 70.2 Å². The van der Waals surface area contributed by atoms with Crippen molar-refractivity contribution >= 4 is 5.97 Å². The number of methoxy groups -OCH3 is 1. The molecule has 1 saturated heterocycles. The molecule has 0 spiro atoms. The standard InChI is InChI=1S/C13H24O6/c1-8(14)11(5-6-12(16)17-3)19-13-7-4-10(15)9(2)18-13/h8-11,13-15H,4-7H2,1-3H3/t8-,9-,10-,11-,13-/m0/s1. The Kier molecular flexibility index (Phi) is 6.71. The van der Waals surface area contributed by atoms with Gasteiger partial charge in [0.1, 0.15) is 0 Å². The van der Waals surface area contributed by atoms with Crippen molar-refractivity contribution in [3.63, 3.8) is 0 Å². The second kappa shape index (κ2) is 7.79. The molecule has 1 rings (SSSR count). The van der Waals surface area contributed by atoms with Gasteiger partial charge >= 0.3 is 5.97 Å². The van der Waals surface area contributed by atoms with E-state index in [0.29, 0.717) is 19.3 Å². The topological polar surface area (TPSA) is 85.2 Å². The number of esters is 1. The zero-order valence-electron chi connectivity index (χ0n) is 11.7. The zero-order valence-corrected chi connectivity index (χ0v) is 11.7. The lowest BCUT2D eigenvalue weighted by atomic mass is 10.1. The summed E-state index contributed by atoms with van der Waals surface area (Å²) in [5.74, 6) is -0.331. The second-order valence-corrected chi connectivity index (χ2v) is 4.95. The molecule has 6 heteroatoms. The number of ether oxygens (including phenoxy) is 3. The van der Waals surface area contributed by atoms with Crippen molar-refractivity contribution < 1.29 is 29.2 Å². The lowest BCUT2D eigenvalue weighted by molar-refractivity contribution is -0.246. The first-order chi connectivity index (χ1) is 8.93. The largest absolute Gasteiger partial charge is 0.469 e. The van der Waals surface area contributed by atoms with E-state index in [-0.39, 0.29) is 18.5 Å². The number of carbonyl (C=O) groups excluding carboxylic acids is 1. The van der Waals surface area contributed by atoms with Gasteiger partial charge in [-0.3, -0.25) is 4.79 Å². The summed E-state index contributed by atoms with van der Waals surface area (Å²) < 4.78 is 15.7. The van der Waals surface area contributed by atoms with E-state index in [4.69, 9.17) is 9.47 Å². The molecule has 6 nitrogen and oxygen atoms in total. The Bertz CT molecular complexity index is 280. The van der Waals surface area contributed by atoms with Crippen LogP contribution in [-0.2, 0) is 19.0 Å². The molecule has 19 heavy (non-hydrogen) atoms. The molecule has 1 aliphatic rings. The molecule has 0 saturated carbocycles. The Labute approximate surface area is 113 Å². The summed E-state index contributed by atoms with van der Waals surface area (Å²) in [6.07, 6.45) is -0.632. The van der Waals surface area contributed by atoms with Gasteiger partial charge in [-0.25, -0.2) is 0 Å². The molecule has 0 radical (unpaired) electrons. The minimum Gasteiger partial charge on any atom is -0.469 e. The molecule has 1 fully saturated rings. The molecule has 2 N–H and O–H groups in total. The average molecular weight is 276 g/mol. The fraction of sp³-hybridized carbons (Fsp3) is 0.923. The predicted molar refractivity (Wildman–Crippen MR) is 67.4 cm³/mol. The molecule has 0 aromatic carbocycles. The van der Waals surface area contributed by atoms with Gasteiger partial charge in [0.25, 0.3) is 0 Å². The van der Waals surface area contributed by atoms with Crippen LogP contribution in [0, 0.1) is 0 Å². The Balaban J connectivity index is 2.42. The number of carbonyl (C=O) groups is 1. The van der Waals surface area contributed by atoms with Crippen molar-refractivity contribution in [2.75, 3.05) is 7.11 Å². The summed E-state index contributed by atoms with van der Waals surface area (Å²) in [7, 11) is 1.33. The van der Waals surface area contributed by atoms with Gasteiger partial charge in [0.05, 0.1) is 31.5 Å². The van der Waals surface area contributed by atoms with Crippen LogP contribution in [-0.4, -0.2) is 54.0 Å². The van der Waals surface area contributed by atoms with E-state index < -0.39 is 24.6 Å². The van der Waals surface area contributed by atoms with Crippen LogP contribution in [0.2, 0.25) is 0 Å². The maximum atomic E-state index is 11.1. The predicted octanol–water partition coefficient (Wildman–Crippen LogP) is 0.591. The van der Waals surface area contributed by atoms with Gasteiger partial charge in [0.2, 0.25) is 0 Å². The van der Waals surface area contributed by atoms with Gasteiger partial charge in [0, 0.05) is 12.8 Å². The third kappa shape index (κ3) is 5.44. The highest BCUT2D eigenvalue weighted by Gasteiger charge is 2.30. The fourth-order valence-electron chi connectivity index (χ4n) is 2.02. The van der Waals surface area contributed by atoms with Crippen LogP contribution >= 0.6 is 0 Å². The molecule has 0 aromatic heterocycles. The molecular formula is C13H24O6.